The van der Waals surface area contributed by atoms with Crippen LogP contribution in [0.5, 0.6) is 0 Å². The minimum absolute atomic E-state index is 0.0297. The van der Waals surface area contributed by atoms with Gasteiger partial charge in [0, 0.05) is 0 Å². The Hall–Kier alpha value is -0.770. The fourth-order valence-corrected chi connectivity index (χ4v) is 0.850. The van der Waals surface area contributed by atoms with E-state index in [-0.39, 0.29) is 13.1 Å². The summed E-state index contributed by atoms with van der Waals surface area (Å²) >= 11 is 0. The molecule has 0 aromatic carbocycles. The average molecular weight is 174 g/mol. The SMILES string of the molecule is [2H]C1(O)CN(C(=O)OC(C)(C)C)C1. The standard InChI is InChI=1S/C8H15NO3/c1-8(2,3)12-7(11)9-4-6(10)5-9/h6,10H,4-5H2,1-3H3/i6D. The van der Waals surface area contributed by atoms with Crippen molar-refractivity contribution in [1.29, 1.82) is 0 Å². The number of aliphatic hydroxyl groups is 1. The largest absolute Gasteiger partial charge is 0.444 e. The Morgan fingerprint density at radius 3 is 2.50 bits per heavy atom. The summed E-state index contributed by atoms with van der Waals surface area (Å²) in [7, 11) is 0. The Bertz CT molecular complexity index is 214. The summed E-state index contributed by atoms with van der Waals surface area (Å²) < 4.78 is 12.2. The van der Waals surface area contributed by atoms with E-state index in [1.807, 2.05) is 0 Å². The lowest BCUT2D eigenvalue weighted by molar-refractivity contribution is -0.0303. The highest BCUT2D eigenvalue weighted by atomic mass is 16.6. The first-order chi connectivity index (χ1) is 5.70. The van der Waals surface area contributed by atoms with Gasteiger partial charge in [-0.15, -0.1) is 0 Å². The fourth-order valence-electron chi connectivity index (χ4n) is 0.850. The molecule has 0 aliphatic carbocycles. The second kappa shape index (κ2) is 2.94. The number of carbonyl (C=O) groups is 1. The van der Waals surface area contributed by atoms with Gasteiger partial charge in [-0.25, -0.2) is 4.79 Å². The molecule has 0 saturated carbocycles. The normalized spacial score (nSPS) is 22.7. The Kier molecular flexibility index (Phi) is 1.92. The molecule has 1 amide bonds. The molecule has 0 aromatic rings. The summed E-state index contributed by atoms with van der Waals surface area (Å²) in [6.45, 7) is 5.39. The van der Waals surface area contributed by atoms with E-state index in [2.05, 4.69) is 0 Å². The van der Waals surface area contributed by atoms with E-state index < -0.39 is 17.8 Å². The molecule has 0 atom stereocenters. The molecule has 4 nitrogen and oxygen atoms in total. The molecule has 12 heavy (non-hydrogen) atoms. The van der Waals surface area contributed by atoms with Gasteiger partial charge in [-0.05, 0) is 20.8 Å². The maximum atomic E-state index is 11.2. The number of carbonyl (C=O) groups excluding carboxylic acids is 1. The summed E-state index contributed by atoms with van der Waals surface area (Å²) in [4.78, 5) is 12.5. The first-order valence-electron chi connectivity index (χ1n) is 4.40. The zero-order valence-electron chi connectivity index (χ0n) is 8.63. The topological polar surface area (TPSA) is 49.8 Å². The molecule has 0 bridgehead atoms. The molecule has 0 unspecified atom stereocenters. The van der Waals surface area contributed by atoms with Gasteiger partial charge in [-0.3, -0.25) is 0 Å². The van der Waals surface area contributed by atoms with Gasteiger partial charge < -0.3 is 14.7 Å². The maximum Gasteiger partial charge on any atom is 0.410 e. The second-order valence-corrected chi connectivity index (χ2v) is 3.90. The molecule has 1 fully saturated rings. The van der Waals surface area contributed by atoms with Crippen molar-refractivity contribution in [2.24, 2.45) is 0 Å². The second-order valence-electron chi connectivity index (χ2n) is 3.90. The number of rotatable bonds is 0. The molecule has 1 aliphatic rings. The van der Waals surface area contributed by atoms with Crippen molar-refractivity contribution < 1.29 is 16.0 Å². The monoisotopic (exact) mass is 174 g/mol. The van der Waals surface area contributed by atoms with Crippen LogP contribution in [0.3, 0.4) is 0 Å². The van der Waals surface area contributed by atoms with Gasteiger partial charge in [0.05, 0.1) is 20.5 Å². The first kappa shape index (κ1) is 7.86. The van der Waals surface area contributed by atoms with Gasteiger partial charge >= 0.3 is 6.09 Å². The lowest BCUT2D eigenvalue weighted by atomic mass is 10.2. The van der Waals surface area contributed by atoms with Gasteiger partial charge in [-0.1, -0.05) is 0 Å². The molecule has 0 radical (unpaired) electrons. The predicted octanol–water partition coefficient (Wildman–Crippen LogP) is 0.598. The van der Waals surface area contributed by atoms with Crippen molar-refractivity contribution in [3.63, 3.8) is 0 Å². The molecular weight excluding hydrogens is 158 g/mol. The van der Waals surface area contributed by atoms with Gasteiger partial charge in [0.2, 0.25) is 0 Å². The van der Waals surface area contributed by atoms with E-state index in [1.54, 1.807) is 20.8 Å². The van der Waals surface area contributed by atoms with E-state index in [0.717, 1.165) is 0 Å². The smallest absolute Gasteiger partial charge is 0.410 e. The molecule has 70 valence electrons. The fraction of sp³-hybridized carbons (Fsp3) is 0.875. The quantitative estimate of drug-likeness (QED) is 0.585. The first-order valence-corrected chi connectivity index (χ1v) is 3.90. The van der Waals surface area contributed by atoms with Crippen LogP contribution in [0.15, 0.2) is 0 Å². The predicted molar refractivity (Wildman–Crippen MR) is 43.8 cm³/mol. The third-order valence-corrected chi connectivity index (χ3v) is 1.40. The number of hydrogen-bond acceptors (Lipinski definition) is 3. The van der Waals surface area contributed by atoms with Crippen molar-refractivity contribution in [3.05, 3.63) is 0 Å². The zero-order valence-corrected chi connectivity index (χ0v) is 7.63. The van der Waals surface area contributed by atoms with Crippen LogP contribution in [0.25, 0.3) is 0 Å². The Morgan fingerprint density at radius 1 is 1.67 bits per heavy atom. The van der Waals surface area contributed by atoms with Gasteiger partial charge in [0.25, 0.3) is 0 Å². The van der Waals surface area contributed by atoms with Crippen molar-refractivity contribution in [3.8, 4) is 0 Å². The molecular formula is C8H15NO3. The molecule has 1 aliphatic heterocycles. The third-order valence-electron chi connectivity index (χ3n) is 1.40. The Balaban J connectivity index is 2.36. The summed E-state index contributed by atoms with van der Waals surface area (Å²) in [5.41, 5.74) is -0.521. The number of amides is 1. The minimum Gasteiger partial charge on any atom is -0.444 e. The van der Waals surface area contributed by atoms with Crippen LogP contribution in [-0.4, -0.2) is 40.9 Å². The lowest BCUT2D eigenvalue weighted by Gasteiger charge is -2.36. The van der Waals surface area contributed by atoms with Gasteiger partial charge in [-0.2, -0.15) is 0 Å². The number of ether oxygens (including phenoxy) is 1. The highest BCUT2D eigenvalue weighted by Crippen LogP contribution is 2.14. The zero-order chi connectivity index (χ0) is 10.3. The summed E-state index contributed by atoms with van der Waals surface area (Å²) in [6.07, 6.45) is -1.94. The van der Waals surface area contributed by atoms with Crippen LogP contribution in [0.4, 0.5) is 4.79 Å². The van der Waals surface area contributed by atoms with Crippen LogP contribution in [0.1, 0.15) is 22.1 Å². The minimum atomic E-state index is -1.48. The van der Waals surface area contributed by atoms with Crippen molar-refractivity contribution in [1.82, 2.24) is 4.90 Å². The van der Waals surface area contributed by atoms with Crippen LogP contribution >= 0.6 is 0 Å². The molecule has 1 rings (SSSR count). The van der Waals surface area contributed by atoms with Crippen LogP contribution in [0.2, 0.25) is 0 Å². The average Bonchev–Trinajstić information content (AvgIpc) is 1.77. The van der Waals surface area contributed by atoms with Crippen LogP contribution in [-0.2, 0) is 4.74 Å². The maximum absolute atomic E-state index is 11.2. The molecule has 1 heterocycles. The van der Waals surface area contributed by atoms with Crippen molar-refractivity contribution in [2.75, 3.05) is 13.1 Å². The van der Waals surface area contributed by atoms with E-state index in [0.29, 0.717) is 0 Å². The summed E-state index contributed by atoms with van der Waals surface area (Å²) in [5.74, 6) is 0. The highest BCUT2D eigenvalue weighted by molar-refractivity contribution is 5.69. The Labute approximate surface area is 73.5 Å². The molecule has 0 aromatic heterocycles. The van der Waals surface area contributed by atoms with Crippen molar-refractivity contribution in [2.45, 2.75) is 32.5 Å². The van der Waals surface area contributed by atoms with Gasteiger partial charge in [0.1, 0.15) is 5.60 Å². The Morgan fingerprint density at radius 2 is 2.17 bits per heavy atom. The lowest BCUT2D eigenvalue weighted by Crippen LogP contribution is -2.54. The number of nitrogens with zero attached hydrogens (tertiary/aromatic N) is 1. The van der Waals surface area contributed by atoms with E-state index in [9.17, 15) is 4.79 Å². The highest BCUT2D eigenvalue weighted by Gasteiger charge is 2.31. The number of likely N-dealkylation sites (tertiary alicyclic amines) is 1. The molecule has 4 heteroatoms. The number of hydrogen-bond donors (Lipinski definition) is 1. The van der Waals surface area contributed by atoms with Crippen LogP contribution < -0.4 is 0 Å². The summed E-state index contributed by atoms with van der Waals surface area (Å²) in [6, 6.07) is 0. The van der Waals surface area contributed by atoms with Crippen molar-refractivity contribution >= 4 is 6.09 Å². The van der Waals surface area contributed by atoms with E-state index in [1.165, 1.54) is 4.90 Å². The summed E-state index contributed by atoms with van der Waals surface area (Å²) in [5, 5.41) is 9.05. The molecule has 1 saturated heterocycles. The van der Waals surface area contributed by atoms with E-state index in [4.69, 9.17) is 11.2 Å². The third kappa shape index (κ3) is 2.37. The van der Waals surface area contributed by atoms with Gasteiger partial charge in [0.15, 0.2) is 0 Å². The van der Waals surface area contributed by atoms with E-state index >= 15 is 0 Å². The molecule has 0 spiro atoms. The molecule has 1 N–H and O–H groups in total. The van der Waals surface area contributed by atoms with Crippen LogP contribution in [0, 0.1) is 0 Å². The number of β-amino-alcohol motifs (C(OH)–C–C–N with tert-alkyl or cyclic N) is 1.